The Balaban J connectivity index is 1.24. The second-order valence-electron chi connectivity index (χ2n) is 9.31. The van der Waals surface area contributed by atoms with Crippen molar-refractivity contribution < 1.29 is 4.79 Å². The van der Waals surface area contributed by atoms with Crippen molar-refractivity contribution in [3.8, 4) is 0 Å². The van der Waals surface area contributed by atoms with Crippen LogP contribution < -0.4 is 10.2 Å². The molecule has 2 aliphatic rings. The van der Waals surface area contributed by atoms with Gasteiger partial charge in [0.1, 0.15) is 5.82 Å². The zero-order valence-corrected chi connectivity index (χ0v) is 19.1. The maximum Gasteiger partial charge on any atom is 0.255 e. The monoisotopic (exact) mass is 433 g/mol. The molecule has 168 valence electrons. The highest BCUT2D eigenvalue weighted by atomic mass is 16.1. The van der Waals surface area contributed by atoms with Crippen LogP contribution in [0.4, 0.5) is 5.82 Å². The quantitative estimate of drug-likeness (QED) is 0.644. The van der Waals surface area contributed by atoms with Crippen molar-refractivity contribution in [3.63, 3.8) is 0 Å². The summed E-state index contributed by atoms with van der Waals surface area (Å²) in [7, 11) is 0. The van der Waals surface area contributed by atoms with Crippen LogP contribution in [0.1, 0.15) is 70.8 Å². The number of pyridine rings is 1. The number of fused-ring (bicyclic) bond motifs is 1. The zero-order chi connectivity index (χ0) is 22.2. The normalized spacial score (nSPS) is 20.4. The van der Waals surface area contributed by atoms with Gasteiger partial charge in [-0.1, -0.05) is 13.0 Å². The lowest BCUT2D eigenvalue weighted by molar-refractivity contribution is 0.0936. The van der Waals surface area contributed by atoms with Gasteiger partial charge in [0.05, 0.1) is 30.0 Å². The van der Waals surface area contributed by atoms with E-state index >= 15 is 0 Å². The molecule has 3 aromatic rings. The average molecular weight is 434 g/mol. The van der Waals surface area contributed by atoms with E-state index in [1.165, 1.54) is 18.4 Å². The molecule has 0 saturated carbocycles. The zero-order valence-electron chi connectivity index (χ0n) is 19.1. The van der Waals surface area contributed by atoms with Gasteiger partial charge in [0.25, 0.3) is 5.91 Å². The van der Waals surface area contributed by atoms with Gasteiger partial charge in [-0.05, 0) is 62.6 Å². The number of nitrogens with zero attached hydrogens (tertiary/aromatic N) is 5. The largest absolute Gasteiger partial charge is 0.356 e. The number of hydrogen-bond acceptors (Lipinski definition) is 5. The maximum atomic E-state index is 12.8. The molecule has 1 fully saturated rings. The van der Waals surface area contributed by atoms with Crippen molar-refractivity contribution in [2.45, 2.75) is 59.0 Å². The molecule has 8 heteroatoms. The van der Waals surface area contributed by atoms with Crippen LogP contribution >= 0.6 is 0 Å². The summed E-state index contributed by atoms with van der Waals surface area (Å²) in [6, 6.07) is 4.21. The van der Waals surface area contributed by atoms with Crippen LogP contribution in [-0.4, -0.2) is 44.0 Å². The molecule has 8 nitrogen and oxygen atoms in total. The molecule has 32 heavy (non-hydrogen) atoms. The SMILES string of the molecule is Cc1nc(N2CCCC(C)C2)ccc1Cn1cc(C(=O)NC2CCc3c2n[nH]c3C)cn1. The Morgan fingerprint density at radius 1 is 1.28 bits per heavy atom. The summed E-state index contributed by atoms with van der Waals surface area (Å²) in [4.78, 5) is 20.0. The fourth-order valence-electron chi connectivity index (χ4n) is 4.94. The lowest BCUT2D eigenvalue weighted by Gasteiger charge is -2.32. The van der Waals surface area contributed by atoms with Crippen molar-refractivity contribution in [3.05, 3.63) is 58.3 Å². The third kappa shape index (κ3) is 4.01. The molecule has 2 N–H and O–H groups in total. The number of carbonyl (C=O) groups excluding carboxylic acids is 1. The van der Waals surface area contributed by atoms with Crippen LogP contribution in [0.2, 0.25) is 0 Å². The van der Waals surface area contributed by atoms with E-state index in [-0.39, 0.29) is 11.9 Å². The first-order valence-electron chi connectivity index (χ1n) is 11.6. The van der Waals surface area contributed by atoms with E-state index in [2.05, 4.69) is 44.6 Å². The molecule has 4 heterocycles. The summed E-state index contributed by atoms with van der Waals surface area (Å²) >= 11 is 0. The summed E-state index contributed by atoms with van der Waals surface area (Å²) < 4.78 is 1.81. The van der Waals surface area contributed by atoms with Gasteiger partial charge in [-0.15, -0.1) is 0 Å². The lowest BCUT2D eigenvalue weighted by Crippen LogP contribution is -2.34. The highest BCUT2D eigenvalue weighted by Crippen LogP contribution is 2.31. The number of aromatic amines is 1. The third-order valence-corrected chi connectivity index (χ3v) is 6.81. The standard InChI is InChI=1S/C24H31N7O/c1-15-5-4-10-30(12-15)22-9-6-18(16(2)26-22)13-31-14-19(11-25-31)24(32)27-21-8-7-20-17(3)28-29-23(20)21/h6,9,11,14-15,21H,4-5,7-8,10,12-13H2,1-3H3,(H,27,32)(H,28,29). The Labute approximate surface area is 188 Å². The minimum atomic E-state index is -0.112. The second kappa shape index (κ2) is 8.41. The van der Waals surface area contributed by atoms with Gasteiger partial charge in [-0.2, -0.15) is 10.2 Å². The van der Waals surface area contributed by atoms with Gasteiger partial charge in [0, 0.05) is 30.7 Å². The Morgan fingerprint density at radius 3 is 2.97 bits per heavy atom. The molecule has 1 saturated heterocycles. The third-order valence-electron chi connectivity index (χ3n) is 6.81. The predicted octanol–water partition coefficient (Wildman–Crippen LogP) is 3.32. The Hall–Kier alpha value is -3.16. The number of nitrogens with one attached hydrogen (secondary N) is 2. The molecular weight excluding hydrogens is 402 g/mol. The molecule has 2 atom stereocenters. The number of amides is 1. The van der Waals surface area contributed by atoms with Crippen LogP contribution in [0.15, 0.2) is 24.5 Å². The molecule has 0 aromatic carbocycles. The molecule has 1 aliphatic heterocycles. The van der Waals surface area contributed by atoms with Crippen LogP contribution in [0.25, 0.3) is 0 Å². The highest BCUT2D eigenvalue weighted by molar-refractivity contribution is 5.94. The number of aromatic nitrogens is 5. The van der Waals surface area contributed by atoms with Gasteiger partial charge in [0.15, 0.2) is 0 Å². The van der Waals surface area contributed by atoms with E-state index in [1.807, 2.05) is 13.8 Å². The first kappa shape index (κ1) is 20.7. The van der Waals surface area contributed by atoms with E-state index in [1.54, 1.807) is 17.1 Å². The summed E-state index contributed by atoms with van der Waals surface area (Å²) in [6.07, 6.45) is 7.80. The fraction of sp³-hybridized carbons (Fsp3) is 0.500. The van der Waals surface area contributed by atoms with Gasteiger partial charge in [0.2, 0.25) is 0 Å². The lowest BCUT2D eigenvalue weighted by atomic mass is 10.0. The molecular formula is C24H31N7O. The molecule has 0 radical (unpaired) electrons. The van der Waals surface area contributed by atoms with Crippen LogP contribution in [0.5, 0.6) is 0 Å². The topological polar surface area (TPSA) is 91.7 Å². The van der Waals surface area contributed by atoms with E-state index < -0.39 is 0 Å². The van der Waals surface area contributed by atoms with E-state index in [9.17, 15) is 4.79 Å². The predicted molar refractivity (Wildman–Crippen MR) is 123 cm³/mol. The smallest absolute Gasteiger partial charge is 0.255 e. The minimum absolute atomic E-state index is 0.0395. The number of anilines is 1. The van der Waals surface area contributed by atoms with Crippen molar-refractivity contribution in [1.82, 2.24) is 30.3 Å². The molecule has 1 amide bonds. The van der Waals surface area contributed by atoms with E-state index in [4.69, 9.17) is 4.98 Å². The van der Waals surface area contributed by atoms with E-state index in [0.717, 1.165) is 54.4 Å². The molecule has 1 aliphatic carbocycles. The van der Waals surface area contributed by atoms with Gasteiger partial charge < -0.3 is 10.2 Å². The molecule has 3 aromatic heterocycles. The summed E-state index contributed by atoms with van der Waals surface area (Å²) in [5, 5.41) is 14.9. The average Bonchev–Trinajstić information content (AvgIpc) is 3.49. The summed E-state index contributed by atoms with van der Waals surface area (Å²) in [5.41, 5.74) is 5.98. The van der Waals surface area contributed by atoms with Crippen LogP contribution in [0.3, 0.4) is 0 Å². The summed E-state index contributed by atoms with van der Waals surface area (Å²) in [5.74, 6) is 1.66. The van der Waals surface area contributed by atoms with Gasteiger partial charge >= 0.3 is 0 Å². The number of piperidine rings is 1. The van der Waals surface area contributed by atoms with Crippen molar-refractivity contribution in [2.75, 3.05) is 18.0 Å². The fourth-order valence-corrected chi connectivity index (χ4v) is 4.94. The molecule has 5 rings (SSSR count). The first-order valence-corrected chi connectivity index (χ1v) is 11.6. The molecule has 0 bridgehead atoms. The van der Waals surface area contributed by atoms with Crippen LogP contribution in [0, 0.1) is 19.8 Å². The van der Waals surface area contributed by atoms with Crippen molar-refractivity contribution >= 4 is 11.7 Å². The van der Waals surface area contributed by atoms with Gasteiger partial charge in [-0.25, -0.2) is 4.98 Å². The summed E-state index contributed by atoms with van der Waals surface area (Å²) in [6.45, 7) is 9.12. The maximum absolute atomic E-state index is 12.8. The van der Waals surface area contributed by atoms with Gasteiger partial charge in [-0.3, -0.25) is 14.6 Å². The highest BCUT2D eigenvalue weighted by Gasteiger charge is 2.28. The van der Waals surface area contributed by atoms with E-state index in [0.29, 0.717) is 18.0 Å². The number of carbonyl (C=O) groups is 1. The van der Waals surface area contributed by atoms with Crippen molar-refractivity contribution in [2.24, 2.45) is 5.92 Å². The number of hydrogen-bond donors (Lipinski definition) is 2. The molecule has 2 unspecified atom stereocenters. The Bertz CT molecular complexity index is 1130. The minimum Gasteiger partial charge on any atom is -0.356 e. The Kier molecular flexibility index (Phi) is 5.45. The molecule has 0 spiro atoms. The number of H-pyrrole nitrogens is 1. The Morgan fingerprint density at radius 2 is 2.16 bits per heavy atom. The second-order valence-corrected chi connectivity index (χ2v) is 9.31. The van der Waals surface area contributed by atoms with Crippen LogP contribution in [-0.2, 0) is 13.0 Å². The number of rotatable bonds is 5. The first-order chi connectivity index (χ1) is 15.5. The number of aryl methyl sites for hydroxylation is 2. The van der Waals surface area contributed by atoms with Crippen molar-refractivity contribution in [1.29, 1.82) is 0 Å².